The molecule has 1 amide bonds. The number of pyridine rings is 1. The summed E-state index contributed by atoms with van der Waals surface area (Å²) in [5, 5.41) is 12.0. The maximum Gasteiger partial charge on any atom is 0.290 e. The number of anilines is 1. The van der Waals surface area contributed by atoms with Crippen LogP contribution in [0.25, 0.3) is 16.5 Å². The lowest BCUT2D eigenvalue weighted by molar-refractivity contribution is -0.127. The normalized spacial score (nSPS) is 18.3. The van der Waals surface area contributed by atoms with Crippen LogP contribution >= 0.6 is 0 Å². The first-order chi connectivity index (χ1) is 17.0. The molecule has 3 N–H and O–H groups in total. The van der Waals surface area contributed by atoms with Gasteiger partial charge in [0.05, 0.1) is 11.4 Å². The molecule has 1 fully saturated rings. The summed E-state index contributed by atoms with van der Waals surface area (Å²) < 4.78 is 1.75. The van der Waals surface area contributed by atoms with Gasteiger partial charge in [-0.3, -0.25) is 19.3 Å². The molecule has 4 heterocycles. The average molecular weight is 472 g/mol. The number of fused-ring (bicyclic) bond motifs is 1. The van der Waals surface area contributed by atoms with E-state index < -0.39 is 0 Å². The minimum atomic E-state index is -0.335. The van der Waals surface area contributed by atoms with Gasteiger partial charge in [0.1, 0.15) is 11.2 Å². The van der Waals surface area contributed by atoms with Crippen LogP contribution in [0.4, 0.5) is 5.82 Å². The molecule has 0 saturated carbocycles. The number of aryl methyl sites for hydroxylation is 1. The van der Waals surface area contributed by atoms with Crippen molar-refractivity contribution in [1.29, 1.82) is 0 Å². The van der Waals surface area contributed by atoms with Gasteiger partial charge in [-0.25, -0.2) is 5.10 Å². The molecule has 0 unspecified atom stereocenters. The number of rotatable bonds is 5. The fraction of sp³-hybridized carbons (Fsp3) is 0.346. The van der Waals surface area contributed by atoms with Crippen LogP contribution in [0.15, 0.2) is 53.5 Å². The number of amides is 1. The molecule has 5 rings (SSSR count). The third-order valence-electron chi connectivity index (χ3n) is 6.94. The second-order valence-corrected chi connectivity index (χ2v) is 9.20. The quantitative estimate of drug-likeness (QED) is 0.551. The number of hydrogen-bond acceptors (Lipinski definition) is 6. The summed E-state index contributed by atoms with van der Waals surface area (Å²) in [6.07, 6.45) is 11.4. The van der Waals surface area contributed by atoms with Crippen LogP contribution in [0.5, 0.6) is 0 Å². The topological polar surface area (TPSA) is 123 Å². The maximum atomic E-state index is 12.9. The molecule has 9 nitrogen and oxygen atoms in total. The number of likely N-dealkylation sites (tertiary alicyclic amines) is 1. The standard InChI is InChI=1S/C26H29N7O2/c1-3-21(34)32-13-5-7-19(15-32)33-24-22(25(27)29-30-26(24)35)23(31-33)18-10-8-17(9-11-18)14-20-16(2)6-4-12-28-20/h3-4,6,8,10,12,19H,1,5,7,9,11,13-15H2,2H3,(H2,27,29)(H,30,35)/t19-/m1/s1. The Morgan fingerprint density at radius 1 is 1.34 bits per heavy atom. The minimum Gasteiger partial charge on any atom is -0.382 e. The number of piperidine rings is 1. The molecular weight excluding hydrogens is 442 g/mol. The largest absolute Gasteiger partial charge is 0.382 e. The van der Waals surface area contributed by atoms with Crippen LogP contribution in [0.3, 0.4) is 0 Å². The number of hydrogen-bond donors (Lipinski definition) is 2. The number of nitrogen functional groups attached to an aromatic ring is 1. The summed E-state index contributed by atoms with van der Waals surface area (Å²) in [6.45, 7) is 6.81. The van der Waals surface area contributed by atoms with E-state index in [1.807, 2.05) is 12.3 Å². The van der Waals surface area contributed by atoms with E-state index in [1.54, 1.807) is 9.58 Å². The molecule has 180 valence electrons. The molecule has 0 bridgehead atoms. The number of nitrogens with one attached hydrogen (secondary N) is 1. The van der Waals surface area contributed by atoms with Crippen LogP contribution < -0.4 is 11.3 Å². The smallest absolute Gasteiger partial charge is 0.290 e. The molecule has 3 aromatic heterocycles. The first-order valence-corrected chi connectivity index (χ1v) is 11.9. The number of carbonyl (C=O) groups excluding carboxylic acids is 1. The van der Waals surface area contributed by atoms with Crippen molar-refractivity contribution < 1.29 is 4.79 Å². The number of aromatic amines is 1. The van der Waals surface area contributed by atoms with Crippen molar-refractivity contribution in [3.05, 3.63) is 76.0 Å². The van der Waals surface area contributed by atoms with Gasteiger partial charge in [0.2, 0.25) is 5.91 Å². The lowest BCUT2D eigenvalue weighted by atomic mass is 9.92. The Morgan fingerprint density at radius 3 is 2.94 bits per heavy atom. The zero-order chi connectivity index (χ0) is 24.5. The minimum absolute atomic E-state index is 0.114. The van der Waals surface area contributed by atoms with Crippen molar-refractivity contribution in [2.24, 2.45) is 0 Å². The number of H-pyrrole nitrogens is 1. The lowest BCUT2D eigenvalue weighted by Crippen LogP contribution is -2.40. The summed E-state index contributed by atoms with van der Waals surface area (Å²) in [7, 11) is 0. The van der Waals surface area contributed by atoms with Gasteiger partial charge in [0.15, 0.2) is 5.82 Å². The van der Waals surface area contributed by atoms with Gasteiger partial charge >= 0.3 is 0 Å². The Balaban J connectivity index is 1.52. The number of nitrogens with zero attached hydrogens (tertiary/aromatic N) is 5. The highest BCUT2D eigenvalue weighted by molar-refractivity contribution is 5.97. The molecule has 35 heavy (non-hydrogen) atoms. The molecular formula is C26H29N7O2. The summed E-state index contributed by atoms with van der Waals surface area (Å²) in [5.41, 5.74) is 11.6. The highest BCUT2D eigenvalue weighted by Crippen LogP contribution is 2.35. The molecule has 1 saturated heterocycles. The van der Waals surface area contributed by atoms with Gasteiger partial charge in [0, 0.05) is 31.4 Å². The Morgan fingerprint density at radius 2 is 2.20 bits per heavy atom. The molecule has 2 aliphatic rings. The Kier molecular flexibility index (Phi) is 6.07. The number of nitrogens with two attached hydrogens (primary N) is 1. The first kappa shape index (κ1) is 22.8. The van der Waals surface area contributed by atoms with Gasteiger partial charge in [-0.15, -0.1) is 0 Å². The van der Waals surface area contributed by atoms with E-state index in [1.165, 1.54) is 17.2 Å². The van der Waals surface area contributed by atoms with Crippen molar-refractivity contribution in [3.63, 3.8) is 0 Å². The van der Waals surface area contributed by atoms with Crippen LogP contribution in [0.2, 0.25) is 0 Å². The molecule has 1 atom stereocenters. The van der Waals surface area contributed by atoms with Crippen molar-refractivity contribution in [3.8, 4) is 0 Å². The Bertz CT molecular complexity index is 1430. The second-order valence-electron chi connectivity index (χ2n) is 9.20. The van der Waals surface area contributed by atoms with Gasteiger partial charge < -0.3 is 10.6 Å². The fourth-order valence-corrected chi connectivity index (χ4v) is 5.03. The van der Waals surface area contributed by atoms with E-state index >= 15 is 0 Å². The molecule has 3 aromatic rings. The third-order valence-corrected chi connectivity index (χ3v) is 6.94. The molecule has 1 aliphatic carbocycles. The van der Waals surface area contributed by atoms with E-state index in [9.17, 15) is 9.59 Å². The molecule has 9 heteroatoms. The molecule has 1 aliphatic heterocycles. The number of aromatic nitrogens is 5. The van der Waals surface area contributed by atoms with Crippen LogP contribution in [0.1, 0.15) is 48.7 Å². The van der Waals surface area contributed by atoms with Gasteiger partial charge in [0.25, 0.3) is 5.56 Å². The predicted octanol–water partition coefficient (Wildman–Crippen LogP) is 3.10. The van der Waals surface area contributed by atoms with Crippen LogP contribution in [-0.4, -0.2) is 48.9 Å². The Hall–Kier alpha value is -4.01. The molecule has 0 radical (unpaired) electrons. The van der Waals surface area contributed by atoms with Gasteiger partial charge in [-0.1, -0.05) is 30.4 Å². The lowest BCUT2D eigenvalue weighted by Gasteiger charge is -2.32. The van der Waals surface area contributed by atoms with E-state index in [0.29, 0.717) is 29.7 Å². The third kappa shape index (κ3) is 4.29. The van der Waals surface area contributed by atoms with E-state index in [4.69, 9.17) is 10.8 Å². The zero-order valence-electron chi connectivity index (χ0n) is 19.8. The van der Waals surface area contributed by atoms with Crippen molar-refractivity contribution >= 4 is 28.2 Å². The van der Waals surface area contributed by atoms with Gasteiger partial charge in [-0.05, 0) is 55.9 Å². The van der Waals surface area contributed by atoms with Crippen LogP contribution in [-0.2, 0) is 11.2 Å². The Labute approximate surface area is 203 Å². The highest BCUT2D eigenvalue weighted by Gasteiger charge is 2.29. The van der Waals surface area contributed by atoms with E-state index in [-0.39, 0.29) is 23.3 Å². The van der Waals surface area contributed by atoms with E-state index in [0.717, 1.165) is 43.4 Å². The van der Waals surface area contributed by atoms with Gasteiger partial charge in [-0.2, -0.15) is 10.2 Å². The number of allylic oxidation sites excluding steroid dienone is 4. The fourth-order valence-electron chi connectivity index (χ4n) is 5.03. The van der Waals surface area contributed by atoms with Crippen molar-refractivity contribution in [2.75, 3.05) is 18.8 Å². The first-order valence-electron chi connectivity index (χ1n) is 11.9. The zero-order valence-corrected chi connectivity index (χ0v) is 19.8. The SMILES string of the molecule is C=CC(=O)N1CCC[C@@H](n2nc(C3=CC=C(Cc4ncccc4C)CC3)c3c(N)n[nH]c(=O)c32)C1. The number of carbonyl (C=O) groups is 1. The van der Waals surface area contributed by atoms with Crippen molar-refractivity contribution in [1.82, 2.24) is 29.9 Å². The summed E-state index contributed by atoms with van der Waals surface area (Å²) in [5.74, 6) is 0.132. The second kappa shape index (κ2) is 9.32. The maximum absolute atomic E-state index is 12.9. The summed E-state index contributed by atoms with van der Waals surface area (Å²) >= 11 is 0. The van der Waals surface area contributed by atoms with Crippen LogP contribution in [0, 0.1) is 6.92 Å². The predicted molar refractivity (Wildman–Crippen MR) is 136 cm³/mol. The monoisotopic (exact) mass is 471 g/mol. The summed E-state index contributed by atoms with van der Waals surface area (Å²) in [4.78, 5) is 31.4. The highest BCUT2D eigenvalue weighted by atomic mass is 16.2. The molecule has 0 spiro atoms. The van der Waals surface area contributed by atoms with E-state index in [2.05, 4.69) is 46.9 Å². The summed E-state index contributed by atoms with van der Waals surface area (Å²) in [6, 6.07) is 3.90. The van der Waals surface area contributed by atoms with Crippen molar-refractivity contribution in [2.45, 2.75) is 45.1 Å². The average Bonchev–Trinajstić information content (AvgIpc) is 3.30. The molecule has 0 aromatic carbocycles.